The van der Waals surface area contributed by atoms with E-state index < -0.39 is 12.0 Å². The second-order valence-electron chi connectivity index (χ2n) is 6.78. The molecule has 0 aliphatic carbocycles. The number of halogens is 4. The number of benzene rings is 1. The smallest absolute Gasteiger partial charge is 0.351 e. The number of amides is 1. The van der Waals surface area contributed by atoms with Crippen LogP contribution in [0.4, 0.5) is 13.2 Å². The fourth-order valence-electron chi connectivity index (χ4n) is 2.56. The highest BCUT2D eigenvalue weighted by molar-refractivity contribution is 6.34. The third-order valence-corrected chi connectivity index (χ3v) is 4.55. The van der Waals surface area contributed by atoms with Crippen molar-refractivity contribution in [3.05, 3.63) is 75.9 Å². The topological polar surface area (TPSA) is 54.9 Å². The number of aryl methyl sites for hydroxylation is 1. The first-order valence-electron chi connectivity index (χ1n) is 8.80. The Kier molecular flexibility index (Phi) is 7.19. The molecule has 0 fully saturated rings. The van der Waals surface area contributed by atoms with E-state index in [1.807, 2.05) is 19.9 Å². The van der Waals surface area contributed by atoms with Gasteiger partial charge in [0.2, 0.25) is 5.82 Å². The molecule has 2 aromatic rings. The maximum Gasteiger partial charge on any atom is 0.451 e. The molecule has 0 aliphatic rings. The summed E-state index contributed by atoms with van der Waals surface area (Å²) < 4.78 is 37.7. The summed E-state index contributed by atoms with van der Waals surface area (Å²) in [5.41, 5.74) is 3.20. The standard InChI is InChI=1S/C21H21ClF3N3O/c1-12(2)5-7-16-13(3)6-8-17(22)18(16)19(29)26-9-14(4)15-10-27-20(28-11-15)21(23,24)25/h5-8,10-11,14H,1,9H2,2-4H3,(H,26,29)/b7-5-. The van der Waals surface area contributed by atoms with Crippen molar-refractivity contribution in [1.29, 1.82) is 0 Å². The molecule has 1 N–H and O–H groups in total. The van der Waals surface area contributed by atoms with Gasteiger partial charge < -0.3 is 5.32 Å². The van der Waals surface area contributed by atoms with Gasteiger partial charge in [0, 0.05) is 24.9 Å². The lowest BCUT2D eigenvalue weighted by Gasteiger charge is -2.16. The van der Waals surface area contributed by atoms with Crippen LogP contribution in [-0.2, 0) is 6.18 Å². The van der Waals surface area contributed by atoms with Crippen LogP contribution in [0.25, 0.3) is 6.08 Å². The van der Waals surface area contributed by atoms with Gasteiger partial charge in [-0.25, -0.2) is 9.97 Å². The summed E-state index contributed by atoms with van der Waals surface area (Å²) in [6.07, 6.45) is 1.22. The third kappa shape index (κ3) is 5.90. The Hall–Kier alpha value is -2.67. The molecule has 4 nitrogen and oxygen atoms in total. The van der Waals surface area contributed by atoms with Crippen LogP contribution in [0.5, 0.6) is 0 Å². The minimum Gasteiger partial charge on any atom is -0.351 e. The van der Waals surface area contributed by atoms with E-state index in [4.69, 9.17) is 11.6 Å². The maximum atomic E-state index is 12.8. The number of rotatable bonds is 6. The lowest BCUT2D eigenvalue weighted by atomic mass is 9.99. The van der Waals surface area contributed by atoms with Gasteiger partial charge in [-0.3, -0.25) is 4.79 Å². The lowest BCUT2D eigenvalue weighted by molar-refractivity contribution is -0.145. The van der Waals surface area contributed by atoms with Gasteiger partial charge in [-0.15, -0.1) is 0 Å². The van der Waals surface area contributed by atoms with Gasteiger partial charge in [0.05, 0.1) is 10.6 Å². The molecule has 8 heteroatoms. The van der Waals surface area contributed by atoms with Crippen molar-refractivity contribution in [2.75, 3.05) is 6.54 Å². The Balaban J connectivity index is 2.17. The molecule has 1 unspecified atom stereocenters. The Morgan fingerprint density at radius 3 is 2.48 bits per heavy atom. The minimum absolute atomic E-state index is 0.182. The van der Waals surface area contributed by atoms with Crippen LogP contribution >= 0.6 is 11.6 Å². The summed E-state index contributed by atoms with van der Waals surface area (Å²) in [7, 11) is 0. The molecule has 0 spiro atoms. The highest BCUT2D eigenvalue weighted by Crippen LogP contribution is 2.27. The molecule has 1 atom stereocenters. The number of carbonyl (C=O) groups is 1. The molecule has 29 heavy (non-hydrogen) atoms. The monoisotopic (exact) mass is 423 g/mol. The minimum atomic E-state index is -4.59. The zero-order valence-electron chi connectivity index (χ0n) is 16.3. The quantitative estimate of drug-likeness (QED) is 0.617. The van der Waals surface area contributed by atoms with Gasteiger partial charge >= 0.3 is 6.18 Å². The van der Waals surface area contributed by atoms with E-state index in [9.17, 15) is 18.0 Å². The van der Waals surface area contributed by atoms with Crippen LogP contribution in [0, 0.1) is 6.92 Å². The van der Waals surface area contributed by atoms with Gasteiger partial charge in [-0.2, -0.15) is 13.2 Å². The van der Waals surface area contributed by atoms with Gasteiger partial charge in [-0.05, 0) is 36.6 Å². The molecule has 154 valence electrons. The fraction of sp³-hybridized carbons (Fsp3) is 0.286. The molecule has 1 aromatic carbocycles. The Bertz CT molecular complexity index is 937. The third-order valence-electron chi connectivity index (χ3n) is 4.24. The van der Waals surface area contributed by atoms with E-state index in [0.29, 0.717) is 21.7 Å². The molecule has 0 radical (unpaired) electrons. The first kappa shape index (κ1) is 22.6. The predicted octanol–water partition coefficient (Wildman–Crippen LogP) is 5.58. The number of alkyl halides is 3. The van der Waals surface area contributed by atoms with E-state index >= 15 is 0 Å². The predicted molar refractivity (Wildman–Crippen MR) is 108 cm³/mol. The number of hydrogen-bond donors (Lipinski definition) is 1. The average molecular weight is 424 g/mol. The molecule has 0 saturated heterocycles. The van der Waals surface area contributed by atoms with Crippen molar-refractivity contribution in [3.63, 3.8) is 0 Å². The van der Waals surface area contributed by atoms with E-state index in [1.54, 1.807) is 25.1 Å². The van der Waals surface area contributed by atoms with Crippen LogP contribution in [0.2, 0.25) is 5.02 Å². The van der Waals surface area contributed by atoms with Gasteiger partial charge in [0.25, 0.3) is 5.91 Å². The second kappa shape index (κ2) is 9.22. The van der Waals surface area contributed by atoms with Crippen molar-refractivity contribution in [3.8, 4) is 0 Å². The number of hydrogen-bond acceptors (Lipinski definition) is 3. The normalized spacial score (nSPS) is 12.8. The molecule has 1 heterocycles. The first-order chi connectivity index (χ1) is 13.5. The summed E-state index contributed by atoms with van der Waals surface area (Å²) in [6.45, 7) is 9.45. The lowest BCUT2D eigenvalue weighted by Crippen LogP contribution is -2.28. The highest BCUT2D eigenvalue weighted by Gasteiger charge is 2.34. The van der Waals surface area contributed by atoms with Crippen molar-refractivity contribution in [2.24, 2.45) is 0 Å². The second-order valence-corrected chi connectivity index (χ2v) is 7.19. The summed E-state index contributed by atoms with van der Waals surface area (Å²) in [5, 5.41) is 3.09. The molecule has 0 bridgehead atoms. The van der Waals surface area contributed by atoms with Crippen LogP contribution in [-0.4, -0.2) is 22.4 Å². The largest absolute Gasteiger partial charge is 0.451 e. The summed E-state index contributed by atoms with van der Waals surface area (Å²) in [5.74, 6) is -1.86. The number of allylic oxidation sites excluding steroid dienone is 2. The van der Waals surface area contributed by atoms with Crippen LogP contribution < -0.4 is 5.32 Å². The Morgan fingerprint density at radius 2 is 1.93 bits per heavy atom. The van der Waals surface area contributed by atoms with E-state index in [2.05, 4.69) is 21.9 Å². The zero-order chi connectivity index (χ0) is 21.8. The number of carbonyl (C=O) groups excluding carboxylic acids is 1. The number of nitrogens with zero attached hydrogens (tertiary/aromatic N) is 2. The zero-order valence-corrected chi connectivity index (χ0v) is 17.0. The average Bonchev–Trinajstić information content (AvgIpc) is 2.65. The van der Waals surface area contributed by atoms with Gasteiger partial charge in [0.1, 0.15) is 0 Å². The molecule has 0 aliphatic heterocycles. The molecule has 0 saturated carbocycles. The number of aromatic nitrogens is 2. The van der Waals surface area contributed by atoms with E-state index in [1.165, 1.54) is 0 Å². The Labute approximate surface area is 172 Å². The fourth-order valence-corrected chi connectivity index (χ4v) is 2.81. The van der Waals surface area contributed by atoms with Crippen molar-refractivity contribution in [1.82, 2.24) is 15.3 Å². The first-order valence-corrected chi connectivity index (χ1v) is 9.18. The Morgan fingerprint density at radius 1 is 1.31 bits per heavy atom. The molecule has 1 amide bonds. The van der Waals surface area contributed by atoms with E-state index in [-0.39, 0.29) is 18.4 Å². The van der Waals surface area contributed by atoms with Crippen LogP contribution in [0.15, 0.2) is 42.8 Å². The van der Waals surface area contributed by atoms with E-state index in [0.717, 1.165) is 23.5 Å². The summed E-state index contributed by atoms with van der Waals surface area (Å²) in [4.78, 5) is 19.5. The highest BCUT2D eigenvalue weighted by atomic mass is 35.5. The summed E-state index contributed by atoms with van der Waals surface area (Å²) >= 11 is 6.26. The van der Waals surface area contributed by atoms with Crippen molar-refractivity contribution < 1.29 is 18.0 Å². The summed E-state index contributed by atoms with van der Waals surface area (Å²) in [6, 6.07) is 3.47. The molecular weight excluding hydrogens is 403 g/mol. The van der Waals surface area contributed by atoms with Gasteiger partial charge in [-0.1, -0.05) is 48.9 Å². The number of nitrogens with one attached hydrogen (secondary N) is 1. The van der Waals surface area contributed by atoms with Crippen molar-refractivity contribution >= 4 is 23.6 Å². The maximum absolute atomic E-state index is 12.8. The SMILES string of the molecule is C=C(C)/C=C\c1c(C)ccc(Cl)c1C(=O)NCC(C)c1cnc(C(F)(F)F)nc1. The molecular formula is C21H21ClF3N3O. The van der Waals surface area contributed by atoms with Crippen LogP contribution in [0.3, 0.4) is 0 Å². The van der Waals surface area contributed by atoms with Gasteiger partial charge in [0.15, 0.2) is 0 Å². The molecule has 2 rings (SSSR count). The molecule has 1 aromatic heterocycles. The van der Waals surface area contributed by atoms with Crippen molar-refractivity contribution in [2.45, 2.75) is 32.9 Å². The van der Waals surface area contributed by atoms with Crippen LogP contribution in [0.1, 0.15) is 52.6 Å².